The summed E-state index contributed by atoms with van der Waals surface area (Å²) in [6.07, 6.45) is 0.909. The number of hydrogen-bond donors (Lipinski definition) is 0. The summed E-state index contributed by atoms with van der Waals surface area (Å²) in [5.41, 5.74) is 0. The summed E-state index contributed by atoms with van der Waals surface area (Å²) in [6.45, 7) is 1.27. The van der Waals surface area contributed by atoms with Crippen LogP contribution in [0.5, 0.6) is 5.88 Å². The molecule has 0 N–H and O–H groups in total. The third kappa shape index (κ3) is 2.62. The molecule has 82 valence electrons. The van der Waals surface area contributed by atoms with Crippen LogP contribution in [0, 0.1) is 0 Å². The van der Waals surface area contributed by atoms with E-state index in [-0.39, 0.29) is 0 Å². The summed E-state index contributed by atoms with van der Waals surface area (Å²) in [6, 6.07) is 3.42. The van der Waals surface area contributed by atoms with Crippen molar-refractivity contribution in [3.63, 3.8) is 0 Å². The summed E-state index contributed by atoms with van der Waals surface area (Å²) in [4.78, 5) is 1.96. The molecule has 2 unspecified atom stereocenters. The Morgan fingerprint density at radius 3 is 3.13 bits per heavy atom. The molecule has 0 aliphatic carbocycles. The van der Waals surface area contributed by atoms with Crippen molar-refractivity contribution in [2.75, 3.05) is 20.1 Å². The highest BCUT2D eigenvalue weighted by molar-refractivity contribution is 5.06. The minimum Gasteiger partial charge on any atom is -0.470 e. The highest BCUT2D eigenvalue weighted by Crippen LogP contribution is 2.18. The average Bonchev–Trinajstić information content (AvgIpc) is 2.24. The quantitative estimate of drug-likeness (QED) is 0.728. The van der Waals surface area contributed by atoms with Gasteiger partial charge >= 0.3 is 0 Å². The van der Waals surface area contributed by atoms with Crippen LogP contribution in [0.4, 0.5) is 4.39 Å². The first kappa shape index (κ1) is 10.3. The minimum atomic E-state index is -0.953. The summed E-state index contributed by atoms with van der Waals surface area (Å²) < 4.78 is 19.0. The molecule has 0 spiro atoms. The van der Waals surface area contributed by atoms with E-state index in [1.807, 2.05) is 11.9 Å². The Bertz CT molecular complexity index is 309. The summed E-state index contributed by atoms with van der Waals surface area (Å²) in [7, 11) is 1.91. The van der Waals surface area contributed by atoms with Crippen molar-refractivity contribution in [1.29, 1.82) is 0 Å². The molecule has 2 atom stereocenters. The minimum absolute atomic E-state index is 0.391. The Hall–Kier alpha value is -1.23. The lowest BCUT2D eigenvalue weighted by Crippen LogP contribution is -2.45. The van der Waals surface area contributed by atoms with Gasteiger partial charge in [0, 0.05) is 25.4 Å². The highest BCUT2D eigenvalue weighted by Gasteiger charge is 2.29. The van der Waals surface area contributed by atoms with Crippen molar-refractivity contribution in [3.8, 4) is 5.88 Å². The number of likely N-dealkylation sites (tertiary alicyclic amines) is 1. The summed E-state index contributed by atoms with van der Waals surface area (Å²) in [5, 5.41) is 7.46. The van der Waals surface area contributed by atoms with Crippen LogP contribution in [0.3, 0.4) is 0 Å². The van der Waals surface area contributed by atoms with Gasteiger partial charge in [-0.05, 0) is 19.5 Å². The largest absolute Gasteiger partial charge is 0.470 e. The van der Waals surface area contributed by atoms with Crippen molar-refractivity contribution < 1.29 is 9.13 Å². The maximum atomic E-state index is 13.6. The SMILES string of the molecule is CN1CCC(Oc2cccnn2)C(F)C1. The number of ether oxygens (including phenoxy) is 1. The Balaban J connectivity index is 1.95. The van der Waals surface area contributed by atoms with Gasteiger partial charge < -0.3 is 9.64 Å². The van der Waals surface area contributed by atoms with Crippen LogP contribution in [-0.4, -0.2) is 47.5 Å². The smallest absolute Gasteiger partial charge is 0.233 e. The van der Waals surface area contributed by atoms with Crippen LogP contribution in [-0.2, 0) is 0 Å². The molecule has 1 aliphatic rings. The van der Waals surface area contributed by atoms with Crippen LogP contribution in [0.15, 0.2) is 18.3 Å². The molecule has 1 aromatic heterocycles. The molecule has 0 radical (unpaired) electrons. The van der Waals surface area contributed by atoms with Crippen molar-refractivity contribution >= 4 is 0 Å². The Morgan fingerprint density at radius 1 is 1.60 bits per heavy atom. The molecule has 0 saturated carbocycles. The third-order valence-corrected chi connectivity index (χ3v) is 2.50. The van der Waals surface area contributed by atoms with E-state index >= 15 is 0 Å². The van der Waals surface area contributed by atoms with Crippen LogP contribution >= 0.6 is 0 Å². The number of hydrogen-bond acceptors (Lipinski definition) is 4. The maximum Gasteiger partial charge on any atom is 0.233 e. The van der Waals surface area contributed by atoms with E-state index in [9.17, 15) is 4.39 Å². The average molecular weight is 211 g/mol. The normalized spacial score (nSPS) is 27.6. The summed E-state index contributed by atoms with van der Waals surface area (Å²) >= 11 is 0. The molecule has 4 nitrogen and oxygen atoms in total. The van der Waals surface area contributed by atoms with E-state index in [0.29, 0.717) is 18.8 Å². The van der Waals surface area contributed by atoms with E-state index in [1.54, 1.807) is 18.3 Å². The molecule has 0 aromatic carbocycles. The summed E-state index contributed by atoms with van der Waals surface area (Å²) in [5.74, 6) is 0.398. The fraction of sp³-hybridized carbons (Fsp3) is 0.600. The van der Waals surface area contributed by atoms with E-state index in [2.05, 4.69) is 10.2 Å². The van der Waals surface area contributed by atoms with Gasteiger partial charge in [0.15, 0.2) is 0 Å². The second kappa shape index (κ2) is 4.53. The van der Waals surface area contributed by atoms with Crippen molar-refractivity contribution in [3.05, 3.63) is 18.3 Å². The molecular weight excluding hydrogens is 197 g/mol. The zero-order chi connectivity index (χ0) is 10.7. The van der Waals surface area contributed by atoms with Crippen molar-refractivity contribution in [1.82, 2.24) is 15.1 Å². The Labute approximate surface area is 88.1 Å². The van der Waals surface area contributed by atoms with Crippen LogP contribution in [0.1, 0.15) is 6.42 Å². The van der Waals surface area contributed by atoms with Crippen LogP contribution < -0.4 is 4.74 Å². The maximum absolute atomic E-state index is 13.6. The lowest BCUT2D eigenvalue weighted by atomic mass is 10.1. The third-order valence-electron chi connectivity index (χ3n) is 2.50. The Kier molecular flexibility index (Phi) is 3.11. The van der Waals surface area contributed by atoms with Gasteiger partial charge in [0.25, 0.3) is 0 Å². The van der Waals surface area contributed by atoms with Gasteiger partial charge in [-0.25, -0.2) is 4.39 Å². The first-order chi connectivity index (χ1) is 7.25. The topological polar surface area (TPSA) is 38.2 Å². The standard InChI is InChI=1S/C10H14FN3O/c1-14-6-4-9(8(11)7-14)15-10-3-2-5-12-13-10/h2-3,5,8-9H,4,6-7H2,1H3. The second-order valence-corrected chi connectivity index (χ2v) is 3.79. The predicted molar refractivity (Wildman–Crippen MR) is 53.5 cm³/mol. The van der Waals surface area contributed by atoms with Crippen molar-refractivity contribution in [2.45, 2.75) is 18.7 Å². The number of nitrogens with zero attached hydrogens (tertiary/aromatic N) is 3. The van der Waals surface area contributed by atoms with Crippen LogP contribution in [0.25, 0.3) is 0 Å². The lowest BCUT2D eigenvalue weighted by Gasteiger charge is -2.31. The number of aromatic nitrogens is 2. The monoisotopic (exact) mass is 211 g/mol. The molecule has 2 heterocycles. The lowest BCUT2D eigenvalue weighted by molar-refractivity contribution is 0.0281. The first-order valence-electron chi connectivity index (χ1n) is 5.02. The number of alkyl halides is 1. The number of piperidine rings is 1. The van der Waals surface area contributed by atoms with Crippen LogP contribution in [0.2, 0.25) is 0 Å². The zero-order valence-corrected chi connectivity index (χ0v) is 8.64. The zero-order valence-electron chi connectivity index (χ0n) is 8.64. The van der Waals surface area contributed by atoms with E-state index < -0.39 is 12.3 Å². The molecule has 5 heteroatoms. The molecule has 0 bridgehead atoms. The van der Waals surface area contributed by atoms with E-state index in [0.717, 1.165) is 6.54 Å². The van der Waals surface area contributed by atoms with Gasteiger partial charge in [0.05, 0.1) is 0 Å². The van der Waals surface area contributed by atoms with Crippen molar-refractivity contribution in [2.24, 2.45) is 0 Å². The van der Waals surface area contributed by atoms with Gasteiger partial charge in [0.2, 0.25) is 5.88 Å². The fourth-order valence-electron chi connectivity index (χ4n) is 1.67. The predicted octanol–water partition coefficient (Wildman–Crippen LogP) is 0.898. The molecule has 1 aliphatic heterocycles. The first-order valence-corrected chi connectivity index (χ1v) is 5.02. The number of halogens is 1. The van der Waals surface area contributed by atoms with Gasteiger partial charge in [-0.2, -0.15) is 5.10 Å². The molecule has 15 heavy (non-hydrogen) atoms. The molecule has 2 rings (SSSR count). The molecule has 1 saturated heterocycles. The van der Waals surface area contributed by atoms with Gasteiger partial charge in [-0.3, -0.25) is 0 Å². The fourth-order valence-corrected chi connectivity index (χ4v) is 1.67. The highest BCUT2D eigenvalue weighted by atomic mass is 19.1. The molecular formula is C10H14FN3O. The second-order valence-electron chi connectivity index (χ2n) is 3.79. The van der Waals surface area contributed by atoms with Gasteiger partial charge in [-0.1, -0.05) is 0 Å². The molecule has 1 aromatic rings. The van der Waals surface area contributed by atoms with Gasteiger partial charge in [-0.15, -0.1) is 5.10 Å². The van der Waals surface area contributed by atoms with E-state index in [1.165, 1.54) is 0 Å². The Morgan fingerprint density at radius 2 is 2.47 bits per heavy atom. The molecule has 0 amide bonds. The molecule has 1 fully saturated rings. The number of rotatable bonds is 2. The van der Waals surface area contributed by atoms with Gasteiger partial charge in [0.1, 0.15) is 12.3 Å². The van der Waals surface area contributed by atoms with E-state index in [4.69, 9.17) is 4.74 Å².